The molecule has 1 fully saturated rings. The van der Waals surface area contributed by atoms with Gasteiger partial charge in [-0.3, -0.25) is 4.79 Å². The van der Waals surface area contributed by atoms with Crippen LogP contribution in [0.25, 0.3) is 21.8 Å². The first-order valence-corrected chi connectivity index (χ1v) is 13.4. The maximum Gasteiger partial charge on any atom is 0.255 e. The van der Waals surface area contributed by atoms with E-state index >= 15 is 0 Å². The maximum atomic E-state index is 13.0. The minimum absolute atomic E-state index is 0. The minimum Gasteiger partial charge on any atom is -0.685 e. The van der Waals surface area contributed by atoms with Gasteiger partial charge >= 0.3 is 0 Å². The van der Waals surface area contributed by atoms with Gasteiger partial charge in [0.15, 0.2) is 6.29 Å². The van der Waals surface area contributed by atoms with E-state index in [2.05, 4.69) is 83.7 Å². The molecule has 2 aromatic carbocycles. The molecule has 11 nitrogen and oxygen atoms in total. The van der Waals surface area contributed by atoms with E-state index in [1.54, 1.807) is 26.2 Å². The Morgan fingerprint density at radius 3 is 1.89 bits per heavy atom. The minimum atomic E-state index is -1.67. The molecule has 5 atom stereocenters. The first kappa shape index (κ1) is 37.0. The van der Waals surface area contributed by atoms with Crippen LogP contribution in [0, 0.1) is 98.8 Å². The fourth-order valence-electron chi connectivity index (χ4n) is 3.85. The molecule has 1 amide bonds. The van der Waals surface area contributed by atoms with Crippen LogP contribution in [0.5, 0.6) is 0 Å². The Morgan fingerprint density at radius 1 is 0.973 bits per heavy atom. The number of halogens is 3. The van der Waals surface area contributed by atoms with Crippen LogP contribution in [0.4, 0.5) is 22.7 Å². The molecule has 1 heterocycles. The zero-order chi connectivity index (χ0) is 26.2. The molecule has 2 aromatic rings. The third-order valence-electron chi connectivity index (χ3n) is 5.63. The number of aliphatic hydroxyl groups excluding tert-OH is 4. The number of nitrogens with one attached hydrogen (secondary N) is 1. The Labute approximate surface area is 326 Å². The van der Waals surface area contributed by atoms with Gasteiger partial charge in [-0.15, -0.1) is 25.5 Å². The molecule has 5 unspecified atom stereocenters. The van der Waals surface area contributed by atoms with Gasteiger partial charge in [-0.05, 0) is 89.0 Å². The van der Waals surface area contributed by atoms with Crippen LogP contribution >= 0.6 is 67.8 Å². The van der Waals surface area contributed by atoms with Crippen LogP contribution in [0.15, 0.2) is 12.1 Å². The summed E-state index contributed by atoms with van der Waals surface area (Å²) in [6, 6.07) is 1.84. The number of nitrogens with two attached hydrogens (primary N) is 2. The van der Waals surface area contributed by atoms with Gasteiger partial charge in [-0.2, -0.15) is 0 Å². The molecule has 16 heteroatoms. The summed E-state index contributed by atoms with van der Waals surface area (Å²) in [5.41, 5.74) is 15.6. The maximum absolute atomic E-state index is 13.0. The van der Waals surface area contributed by atoms with E-state index in [1.807, 2.05) is 0 Å². The Balaban J connectivity index is 0.00000342. The van der Waals surface area contributed by atoms with Crippen molar-refractivity contribution in [2.24, 2.45) is 0 Å². The number of amides is 1. The molecule has 198 valence electrons. The average molecular weight is 1280 g/mol. The van der Waals surface area contributed by atoms with Gasteiger partial charge in [0, 0.05) is 112 Å². The molecule has 1 saturated heterocycles. The molecule has 0 spiro atoms. The molecular formula is C21H24Ac2I3N5O6-2. The van der Waals surface area contributed by atoms with Crippen LogP contribution in [-0.4, -0.2) is 77.7 Å². The second kappa shape index (κ2) is 16.0. The van der Waals surface area contributed by atoms with Crippen molar-refractivity contribution in [1.29, 1.82) is 0 Å². The number of ether oxygens (including phenoxy) is 1. The Bertz CT molecular complexity index is 1090. The number of carbonyl (C=O) groups excluding carboxylic acids is 1. The topological polar surface area (TPSA) is 199 Å². The Morgan fingerprint density at radius 2 is 1.46 bits per heavy atom. The molecule has 0 aliphatic carbocycles. The predicted molar refractivity (Wildman–Crippen MR) is 158 cm³/mol. The van der Waals surface area contributed by atoms with Crippen LogP contribution in [0.1, 0.15) is 10.4 Å². The standard InChI is InChI=1S/C21H24I3N5O6.2Ac/c1-27-15-12(22)10(13(23)16(28-2)14(15)24)6-3-7(25)11(8(26)4-6)20(33)29-17-19(32)18(31)9(5-30)35-21(17)34;;/h3-4,9,17-19,21,30-32,34H,5H2,1-2H3,(H5,25,26,29,33);;/q-2;;. The fourth-order valence-corrected chi connectivity index (χ4v) is 8.61. The molecule has 3 rings (SSSR count). The van der Waals surface area contributed by atoms with Crippen LogP contribution in [0.2, 0.25) is 0 Å². The van der Waals surface area contributed by atoms with Crippen LogP contribution in [-0.2, 0) is 4.74 Å². The molecule has 0 saturated carbocycles. The van der Waals surface area contributed by atoms with E-state index in [0.717, 1.165) is 27.6 Å². The SMILES string of the molecule is C[N-]c1c(I)c([N-]C)c(I)c(-c2cc(N)c(C(=O)NC3C(O)OC(CO)C(O)C3O)c(N)c2)c1I.[Ac].[Ac]. The summed E-state index contributed by atoms with van der Waals surface area (Å²) in [7, 11) is 3.40. The smallest absolute Gasteiger partial charge is 0.255 e. The van der Waals surface area contributed by atoms with Gasteiger partial charge in [0.25, 0.3) is 5.91 Å². The largest absolute Gasteiger partial charge is 0.685 e. The van der Waals surface area contributed by atoms with Gasteiger partial charge < -0.3 is 52.6 Å². The molecular weight excluding hydrogens is 1250 g/mol. The van der Waals surface area contributed by atoms with E-state index in [4.69, 9.17) is 16.2 Å². The zero-order valence-corrected chi connectivity index (χ0v) is 35.7. The van der Waals surface area contributed by atoms with Gasteiger partial charge in [-0.25, -0.2) is 0 Å². The van der Waals surface area contributed by atoms with Crippen LogP contribution in [0.3, 0.4) is 0 Å². The first-order chi connectivity index (χ1) is 16.5. The molecule has 9 N–H and O–H groups in total. The van der Waals surface area contributed by atoms with Crippen molar-refractivity contribution in [3.05, 3.63) is 39.0 Å². The first-order valence-electron chi connectivity index (χ1n) is 10.2. The summed E-state index contributed by atoms with van der Waals surface area (Å²) >= 11 is 6.62. The van der Waals surface area contributed by atoms with Gasteiger partial charge in [0.1, 0.15) is 24.4 Å². The molecule has 0 bridgehead atoms. The summed E-state index contributed by atoms with van der Waals surface area (Å²) in [6.45, 7) is -0.618. The summed E-state index contributed by atoms with van der Waals surface area (Å²) in [5.74, 6) is -0.770. The van der Waals surface area contributed by atoms with Crippen molar-refractivity contribution in [2.75, 3.05) is 32.2 Å². The van der Waals surface area contributed by atoms with Gasteiger partial charge in [-0.1, -0.05) is 0 Å². The summed E-state index contributed by atoms with van der Waals surface area (Å²) in [6.07, 6.45) is -5.98. The van der Waals surface area contributed by atoms with Gasteiger partial charge in [0.05, 0.1) is 12.2 Å². The second-order valence-corrected chi connectivity index (χ2v) is 11.0. The number of nitrogen functional groups attached to an aromatic ring is 2. The summed E-state index contributed by atoms with van der Waals surface area (Å²) < 4.78 is 7.75. The average Bonchev–Trinajstić information content (AvgIpc) is 2.79. The Hall–Kier alpha value is 1.98. The number of rotatable bonds is 6. The van der Waals surface area contributed by atoms with Crippen molar-refractivity contribution in [3.8, 4) is 11.1 Å². The number of nitrogens with zero attached hydrogens (tertiary/aromatic N) is 2. The summed E-state index contributed by atoms with van der Waals surface area (Å²) in [4.78, 5) is 13.0. The second-order valence-electron chi connectivity index (χ2n) is 7.72. The van der Waals surface area contributed by atoms with Gasteiger partial charge in [0.2, 0.25) is 0 Å². The number of aliphatic hydroxyl groups is 4. The van der Waals surface area contributed by atoms with Crippen molar-refractivity contribution in [2.45, 2.75) is 30.6 Å². The molecule has 0 aromatic heterocycles. The number of carbonyl (C=O) groups is 1. The fraction of sp³-hybridized carbons (Fsp3) is 0.381. The van der Waals surface area contributed by atoms with E-state index in [9.17, 15) is 25.2 Å². The van der Waals surface area contributed by atoms with Crippen molar-refractivity contribution in [3.63, 3.8) is 0 Å². The molecule has 2 radical (unpaired) electrons. The summed E-state index contributed by atoms with van der Waals surface area (Å²) in [5, 5.41) is 51.0. The van der Waals surface area contributed by atoms with E-state index in [1.165, 1.54) is 0 Å². The third kappa shape index (κ3) is 7.69. The number of anilines is 2. The zero-order valence-electron chi connectivity index (χ0n) is 19.7. The Kier molecular flexibility index (Phi) is 16.0. The molecule has 1 aliphatic heterocycles. The monoisotopic (exact) mass is 1280 g/mol. The third-order valence-corrected chi connectivity index (χ3v) is 8.75. The van der Waals surface area contributed by atoms with Crippen molar-refractivity contribution >= 4 is 96.4 Å². The number of benzene rings is 2. The van der Waals surface area contributed by atoms with E-state index in [0.29, 0.717) is 5.56 Å². The predicted octanol–water partition coefficient (Wildman–Crippen LogP) is 2.13. The van der Waals surface area contributed by atoms with Crippen LogP contribution < -0.4 is 16.8 Å². The van der Waals surface area contributed by atoms with E-state index in [-0.39, 0.29) is 105 Å². The number of hydrogen-bond acceptors (Lipinski definition) is 8. The molecule has 37 heavy (non-hydrogen) atoms. The quantitative estimate of drug-likeness (QED) is 0.169. The number of hydrogen-bond donors (Lipinski definition) is 7. The van der Waals surface area contributed by atoms with Crippen molar-refractivity contribution in [1.82, 2.24) is 5.32 Å². The normalized spacial score (nSPS) is 22.9. The van der Waals surface area contributed by atoms with Crippen molar-refractivity contribution < 1.29 is 118 Å². The van der Waals surface area contributed by atoms with E-state index < -0.39 is 43.2 Å². The molecule has 1 aliphatic rings.